The second-order valence-electron chi connectivity index (χ2n) is 8.27. The van der Waals surface area contributed by atoms with Crippen molar-refractivity contribution in [3.05, 3.63) is 95.3 Å². The maximum atomic E-state index is 12.9. The van der Waals surface area contributed by atoms with Gasteiger partial charge in [0, 0.05) is 31.1 Å². The highest BCUT2D eigenvalue weighted by atomic mass is 16.2. The summed E-state index contributed by atoms with van der Waals surface area (Å²) >= 11 is 0. The molecule has 1 atom stereocenters. The number of nitrogens with zero attached hydrogens (tertiary/aromatic N) is 3. The number of carbonyl (C=O) groups is 1. The van der Waals surface area contributed by atoms with Crippen molar-refractivity contribution < 1.29 is 4.79 Å². The highest BCUT2D eigenvalue weighted by Gasteiger charge is 2.34. The van der Waals surface area contributed by atoms with Gasteiger partial charge in [-0.1, -0.05) is 59.7 Å². The number of rotatable bonds is 4. The van der Waals surface area contributed by atoms with E-state index in [1.54, 1.807) is 0 Å². The Labute approximate surface area is 176 Å². The molecule has 1 fully saturated rings. The van der Waals surface area contributed by atoms with E-state index in [1.165, 1.54) is 16.7 Å². The molecule has 4 nitrogen and oxygen atoms in total. The summed E-state index contributed by atoms with van der Waals surface area (Å²) in [4.78, 5) is 19.7. The van der Waals surface area contributed by atoms with Gasteiger partial charge in [-0.2, -0.15) is 0 Å². The van der Waals surface area contributed by atoms with Crippen molar-refractivity contribution in [2.75, 3.05) is 11.4 Å². The van der Waals surface area contributed by atoms with Gasteiger partial charge in [0.1, 0.15) is 5.82 Å². The smallest absolute Gasteiger partial charge is 0.227 e. The van der Waals surface area contributed by atoms with Crippen molar-refractivity contribution in [1.82, 2.24) is 9.55 Å². The SMILES string of the molecule is Cc1ccc(Cn2c([C@@H]3CC(=O)N(c4ccc(C)cc4)C3)nc3ccccc32)cc1. The third-order valence-corrected chi connectivity index (χ3v) is 5.98. The second kappa shape index (κ2) is 7.45. The molecule has 150 valence electrons. The maximum Gasteiger partial charge on any atom is 0.227 e. The topological polar surface area (TPSA) is 38.1 Å². The fourth-order valence-electron chi connectivity index (χ4n) is 4.30. The van der Waals surface area contributed by atoms with Crippen LogP contribution in [0.5, 0.6) is 0 Å². The van der Waals surface area contributed by atoms with Crippen LogP contribution in [0.2, 0.25) is 0 Å². The second-order valence-corrected chi connectivity index (χ2v) is 8.27. The predicted molar refractivity (Wildman–Crippen MR) is 121 cm³/mol. The number of hydrogen-bond donors (Lipinski definition) is 0. The minimum atomic E-state index is 0.0802. The lowest BCUT2D eigenvalue weighted by Crippen LogP contribution is -2.24. The summed E-state index contributed by atoms with van der Waals surface area (Å²) < 4.78 is 2.29. The Bertz CT molecular complexity index is 1210. The van der Waals surface area contributed by atoms with Gasteiger partial charge in [0.05, 0.1) is 11.0 Å². The number of aromatic nitrogens is 2. The number of imidazole rings is 1. The Morgan fingerprint density at radius 1 is 0.900 bits per heavy atom. The molecule has 0 bridgehead atoms. The molecule has 1 amide bonds. The largest absolute Gasteiger partial charge is 0.323 e. The van der Waals surface area contributed by atoms with Gasteiger partial charge in [-0.05, 0) is 43.7 Å². The molecule has 4 heteroatoms. The lowest BCUT2D eigenvalue weighted by molar-refractivity contribution is -0.117. The average Bonchev–Trinajstić information content (AvgIpc) is 3.31. The first-order valence-electron chi connectivity index (χ1n) is 10.5. The van der Waals surface area contributed by atoms with Crippen LogP contribution < -0.4 is 4.90 Å². The summed E-state index contributed by atoms with van der Waals surface area (Å²) in [6.45, 7) is 5.59. The molecular formula is C26H25N3O. The highest BCUT2D eigenvalue weighted by Crippen LogP contribution is 2.33. The van der Waals surface area contributed by atoms with Gasteiger partial charge in [-0.15, -0.1) is 0 Å². The van der Waals surface area contributed by atoms with E-state index in [9.17, 15) is 4.79 Å². The minimum Gasteiger partial charge on any atom is -0.323 e. The minimum absolute atomic E-state index is 0.0802. The Balaban J connectivity index is 1.51. The van der Waals surface area contributed by atoms with Crippen LogP contribution >= 0.6 is 0 Å². The molecule has 2 heterocycles. The normalized spacial score (nSPS) is 16.5. The van der Waals surface area contributed by atoms with Crippen LogP contribution in [-0.2, 0) is 11.3 Å². The van der Waals surface area contributed by atoms with E-state index in [-0.39, 0.29) is 11.8 Å². The van der Waals surface area contributed by atoms with Crippen LogP contribution in [0.4, 0.5) is 5.69 Å². The molecular weight excluding hydrogens is 370 g/mol. The van der Waals surface area contributed by atoms with Gasteiger partial charge in [0.25, 0.3) is 0 Å². The van der Waals surface area contributed by atoms with E-state index in [2.05, 4.69) is 73.0 Å². The van der Waals surface area contributed by atoms with Crippen LogP contribution in [0, 0.1) is 13.8 Å². The van der Waals surface area contributed by atoms with Gasteiger partial charge >= 0.3 is 0 Å². The first kappa shape index (κ1) is 18.6. The molecule has 0 saturated carbocycles. The van der Waals surface area contributed by atoms with Gasteiger partial charge < -0.3 is 9.47 Å². The molecule has 1 aliphatic heterocycles. The van der Waals surface area contributed by atoms with Gasteiger partial charge in [-0.3, -0.25) is 4.79 Å². The van der Waals surface area contributed by atoms with Gasteiger partial charge in [-0.25, -0.2) is 4.98 Å². The summed E-state index contributed by atoms with van der Waals surface area (Å²) in [5, 5.41) is 0. The van der Waals surface area contributed by atoms with Crippen LogP contribution in [0.1, 0.15) is 34.9 Å². The van der Waals surface area contributed by atoms with E-state index >= 15 is 0 Å². The fraction of sp³-hybridized carbons (Fsp3) is 0.231. The molecule has 0 unspecified atom stereocenters. The van der Waals surface area contributed by atoms with Gasteiger partial charge in [0.2, 0.25) is 5.91 Å². The predicted octanol–water partition coefficient (Wildman–Crippen LogP) is 5.22. The number of carbonyl (C=O) groups excluding carboxylic acids is 1. The molecule has 3 aromatic carbocycles. The Kier molecular flexibility index (Phi) is 4.62. The number of amides is 1. The summed E-state index contributed by atoms with van der Waals surface area (Å²) in [6.07, 6.45) is 0.491. The monoisotopic (exact) mass is 395 g/mol. The molecule has 0 aliphatic carbocycles. The standard InChI is InChI=1S/C26H25N3O/c1-18-7-11-20(12-8-18)16-29-24-6-4-3-5-23(24)27-26(29)21-15-25(30)28(17-21)22-13-9-19(2)10-14-22/h3-14,21H,15-17H2,1-2H3/t21-/m1/s1. The molecule has 1 aromatic heterocycles. The van der Waals surface area contributed by atoms with Crippen molar-refractivity contribution in [3.63, 3.8) is 0 Å². The number of para-hydroxylation sites is 2. The third kappa shape index (κ3) is 3.39. The van der Waals surface area contributed by atoms with Crippen molar-refractivity contribution in [2.24, 2.45) is 0 Å². The first-order valence-corrected chi connectivity index (χ1v) is 10.5. The molecule has 0 radical (unpaired) electrons. The lowest BCUT2D eigenvalue weighted by atomic mass is 10.1. The molecule has 4 aromatic rings. The molecule has 5 rings (SSSR count). The number of aryl methyl sites for hydroxylation is 2. The maximum absolute atomic E-state index is 12.9. The molecule has 0 spiro atoms. The van der Waals surface area contributed by atoms with E-state index < -0.39 is 0 Å². The third-order valence-electron chi connectivity index (χ3n) is 5.98. The number of anilines is 1. The van der Waals surface area contributed by atoms with Crippen LogP contribution in [0.25, 0.3) is 11.0 Å². The van der Waals surface area contributed by atoms with Gasteiger partial charge in [0.15, 0.2) is 0 Å². The highest BCUT2D eigenvalue weighted by molar-refractivity contribution is 5.96. The molecule has 30 heavy (non-hydrogen) atoms. The van der Waals surface area contributed by atoms with Crippen LogP contribution in [-0.4, -0.2) is 22.0 Å². The summed E-state index contributed by atoms with van der Waals surface area (Å²) in [7, 11) is 0. The van der Waals surface area contributed by atoms with Crippen LogP contribution in [0.3, 0.4) is 0 Å². The Hall–Kier alpha value is -3.40. The quantitative estimate of drug-likeness (QED) is 0.475. The molecule has 0 N–H and O–H groups in total. The summed E-state index contributed by atoms with van der Waals surface area (Å²) in [5.41, 5.74) is 6.76. The van der Waals surface area contributed by atoms with E-state index in [0.717, 1.165) is 29.1 Å². The van der Waals surface area contributed by atoms with E-state index in [4.69, 9.17) is 4.98 Å². The number of fused-ring (bicyclic) bond motifs is 1. The summed E-state index contributed by atoms with van der Waals surface area (Å²) in [5.74, 6) is 1.24. The molecule has 1 saturated heterocycles. The summed E-state index contributed by atoms with van der Waals surface area (Å²) in [6, 6.07) is 25.1. The van der Waals surface area contributed by atoms with Crippen molar-refractivity contribution in [1.29, 1.82) is 0 Å². The van der Waals surface area contributed by atoms with Crippen molar-refractivity contribution >= 4 is 22.6 Å². The Morgan fingerprint density at radius 3 is 2.30 bits per heavy atom. The zero-order valence-corrected chi connectivity index (χ0v) is 17.4. The van der Waals surface area contributed by atoms with Crippen molar-refractivity contribution in [3.8, 4) is 0 Å². The zero-order chi connectivity index (χ0) is 20.7. The van der Waals surface area contributed by atoms with E-state index in [1.807, 2.05) is 23.1 Å². The molecule has 1 aliphatic rings. The first-order chi connectivity index (χ1) is 14.6. The van der Waals surface area contributed by atoms with Crippen LogP contribution in [0.15, 0.2) is 72.8 Å². The zero-order valence-electron chi connectivity index (χ0n) is 17.4. The fourth-order valence-corrected chi connectivity index (χ4v) is 4.30. The lowest BCUT2D eigenvalue weighted by Gasteiger charge is -2.18. The number of hydrogen-bond acceptors (Lipinski definition) is 2. The Morgan fingerprint density at radius 2 is 1.57 bits per heavy atom. The number of benzene rings is 3. The average molecular weight is 396 g/mol. The van der Waals surface area contributed by atoms with Crippen molar-refractivity contribution in [2.45, 2.75) is 32.7 Å². The van der Waals surface area contributed by atoms with E-state index in [0.29, 0.717) is 13.0 Å².